The summed E-state index contributed by atoms with van der Waals surface area (Å²) in [6.45, 7) is 4.01. The minimum atomic E-state index is -0.145. The molecule has 0 saturated heterocycles. The number of esters is 1. The molecular formula is C12H16O2. The minimum Gasteiger partial charge on any atom is -0.426 e. The molecule has 0 atom stereocenters. The molecule has 76 valence electrons. The van der Waals surface area contributed by atoms with Crippen molar-refractivity contribution in [2.75, 3.05) is 0 Å². The molecule has 0 bridgehead atoms. The van der Waals surface area contributed by atoms with Gasteiger partial charge in [0, 0.05) is 6.42 Å². The van der Waals surface area contributed by atoms with Crippen molar-refractivity contribution in [1.29, 1.82) is 0 Å². The average Bonchev–Trinajstić information content (AvgIpc) is 2.19. The summed E-state index contributed by atoms with van der Waals surface area (Å²) in [5.74, 6) is 0.557. The van der Waals surface area contributed by atoms with Crippen LogP contribution in [0.1, 0.15) is 32.3 Å². The van der Waals surface area contributed by atoms with Crippen LogP contribution in [0, 0.1) is 0 Å². The summed E-state index contributed by atoms with van der Waals surface area (Å²) >= 11 is 0. The van der Waals surface area contributed by atoms with E-state index in [4.69, 9.17) is 4.74 Å². The quantitative estimate of drug-likeness (QED) is 0.541. The predicted molar refractivity (Wildman–Crippen MR) is 56.4 cm³/mol. The average molecular weight is 192 g/mol. The number of benzene rings is 1. The van der Waals surface area contributed by atoms with Crippen LogP contribution in [0.15, 0.2) is 24.3 Å². The van der Waals surface area contributed by atoms with E-state index in [2.05, 4.69) is 0 Å². The van der Waals surface area contributed by atoms with Crippen LogP contribution in [0.5, 0.6) is 5.75 Å². The third-order valence-electron chi connectivity index (χ3n) is 2.03. The van der Waals surface area contributed by atoms with Gasteiger partial charge in [-0.05, 0) is 24.5 Å². The number of carbonyl (C=O) groups is 1. The molecule has 14 heavy (non-hydrogen) atoms. The maximum Gasteiger partial charge on any atom is 0.311 e. The van der Waals surface area contributed by atoms with Gasteiger partial charge in [0.1, 0.15) is 5.75 Å². The van der Waals surface area contributed by atoms with E-state index in [-0.39, 0.29) is 5.97 Å². The first-order valence-electron chi connectivity index (χ1n) is 5.06. The van der Waals surface area contributed by atoms with Gasteiger partial charge in [-0.2, -0.15) is 0 Å². The van der Waals surface area contributed by atoms with E-state index in [0.717, 1.165) is 18.4 Å². The van der Waals surface area contributed by atoms with Gasteiger partial charge in [0.25, 0.3) is 0 Å². The van der Waals surface area contributed by atoms with Crippen LogP contribution < -0.4 is 4.74 Å². The molecule has 0 N–H and O–H groups in total. The van der Waals surface area contributed by atoms with Gasteiger partial charge in [0.2, 0.25) is 0 Å². The monoisotopic (exact) mass is 192 g/mol. The van der Waals surface area contributed by atoms with Crippen molar-refractivity contribution in [3.63, 3.8) is 0 Å². The van der Waals surface area contributed by atoms with Crippen molar-refractivity contribution in [1.82, 2.24) is 0 Å². The molecular weight excluding hydrogens is 176 g/mol. The zero-order valence-corrected chi connectivity index (χ0v) is 8.75. The number of hydrogen-bond donors (Lipinski definition) is 0. The first kappa shape index (κ1) is 10.8. The molecule has 0 heterocycles. The third-order valence-corrected chi connectivity index (χ3v) is 2.03. The first-order chi connectivity index (χ1) is 6.77. The highest BCUT2D eigenvalue weighted by atomic mass is 16.5. The number of hydrogen-bond acceptors (Lipinski definition) is 2. The highest BCUT2D eigenvalue weighted by Gasteiger charge is 2.05. The predicted octanol–water partition coefficient (Wildman–Crippen LogP) is 2.95. The fraction of sp³-hybridized carbons (Fsp3) is 0.417. The molecule has 1 aromatic carbocycles. The first-order valence-corrected chi connectivity index (χ1v) is 5.06. The summed E-state index contributed by atoms with van der Waals surface area (Å²) in [7, 11) is 0. The van der Waals surface area contributed by atoms with E-state index in [9.17, 15) is 4.79 Å². The van der Waals surface area contributed by atoms with Crippen molar-refractivity contribution in [3.05, 3.63) is 29.8 Å². The number of ether oxygens (including phenoxy) is 1. The second-order valence-corrected chi connectivity index (χ2v) is 3.19. The Labute approximate surface area is 84.9 Å². The van der Waals surface area contributed by atoms with Crippen molar-refractivity contribution >= 4 is 5.97 Å². The molecule has 2 nitrogen and oxygen atoms in total. The second kappa shape index (κ2) is 5.43. The Morgan fingerprint density at radius 2 is 2.00 bits per heavy atom. The highest BCUT2D eigenvalue weighted by Crippen LogP contribution is 2.18. The van der Waals surface area contributed by atoms with E-state index in [1.807, 2.05) is 38.1 Å². The number of rotatable bonds is 4. The van der Waals surface area contributed by atoms with Gasteiger partial charge < -0.3 is 4.74 Å². The molecule has 1 aromatic rings. The third kappa shape index (κ3) is 2.87. The summed E-state index contributed by atoms with van der Waals surface area (Å²) in [6, 6.07) is 7.66. The summed E-state index contributed by atoms with van der Waals surface area (Å²) < 4.78 is 5.24. The fourth-order valence-corrected chi connectivity index (χ4v) is 1.27. The molecule has 0 unspecified atom stereocenters. The van der Waals surface area contributed by atoms with Gasteiger partial charge in [-0.1, -0.05) is 32.0 Å². The van der Waals surface area contributed by atoms with Crippen molar-refractivity contribution in [2.45, 2.75) is 33.1 Å². The standard InChI is InChI=1S/C12H16O2/c1-3-7-12(13)14-11-9-6-5-8-10(11)4-2/h5-6,8-9H,3-4,7H2,1-2H3. The minimum absolute atomic E-state index is 0.145. The van der Waals surface area contributed by atoms with Gasteiger partial charge in [-0.15, -0.1) is 0 Å². The Hall–Kier alpha value is -1.31. The SMILES string of the molecule is CCCC(=O)Oc1ccccc1CC. The van der Waals surface area contributed by atoms with Crippen LogP contribution in [-0.2, 0) is 11.2 Å². The van der Waals surface area contributed by atoms with Crippen LogP contribution in [0.2, 0.25) is 0 Å². The van der Waals surface area contributed by atoms with Crippen molar-refractivity contribution in [2.24, 2.45) is 0 Å². The fourth-order valence-electron chi connectivity index (χ4n) is 1.27. The highest BCUT2D eigenvalue weighted by molar-refractivity contribution is 5.72. The van der Waals surface area contributed by atoms with E-state index in [0.29, 0.717) is 12.2 Å². The lowest BCUT2D eigenvalue weighted by molar-refractivity contribution is -0.134. The van der Waals surface area contributed by atoms with Crippen molar-refractivity contribution < 1.29 is 9.53 Å². The molecule has 1 rings (SSSR count). The smallest absolute Gasteiger partial charge is 0.311 e. The summed E-state index contributed by atoms with van der Waals surface area (Å²) in [5.41, 5.74) is 1.08. The molecule has 0 amide bonds. The largest absolute Gasteiger partial charge is 0.426 e. The second-order valence-electron chi connectivity index (χ2n) is 3.19. The lowest BCUT2D eigenvalue weighted by Crippen LogP contribution is -2.08. The Morgan fingerprint density at radius 1 is 1.29 bits per heavy atom. The molecule has 0 fully saturated rings. The van der Waals surface area contributed by atoms with E-state index in [1.165, 1.54) is 0 Å². The zero-order valence-electron chi connectivity index (χ0n) is 8.75. The van der Waals surface area contributed by atoms with E-state index >= 15 is 0 Å². The van der Waals surface area contributed by atoms with Crippen molar-refractivity contribution in [3.8, 4) is 5.75 Å². The van der Waals surface area contributed by atoms with Crippen LogP contribution in [-0.4, -0.2) is 5.97 Å². The Morgan fingerprint density at radius 3 is 2.64 bits per heavy atom. The number of carbonyl (C=O) groups excluding carboxylic acids is 1. The Balaban J connectivity index is 2.70. The maximum absolute atomic E-state index is 11.3. The van der Waals surface area contributed by atoms with E-state index in [1.54, 1.807) is 0 Å². The summed E-state index contributed by atoms with van der Waals surface area (Å²) in [5, 5.41) is 0. The maximum atomic E-state index is 11.3. The molecule has 0 radical (unpaired) electrons. The molecule has 2 heteroatoms. The lowest BCUT2D eigenvalue weighted by atomic mass is 10.1. The molecule has 0 saturated carbocycles. The lowest BCUT2D eigenvalue weighted by Gasteiger charge is -2.07. The molecule has 0 aliphatic heterocycles. The van der Waals surface area contributed by atoms with E-state index < -0.39 is 0 Å². The van der Waals surface area contributed by atoms with Gasteiger partial charge >= 0.3 is 5.97 Å². The van der Waals surface area contributed by atoms with Crippen LogP contribution in [0.4, 0.5) is 0 Å². The number of para-hydroxylation sites is 1. The van der Waals surface area contributed by atoms with Gasteiger partial charge in [0.15, 0.2) is 0 Å². The normalized spacial score (nSPS) is 9.86. The summed E-state index contributed by atoms with van der Waals surface area (Å²) in [6.07, 6.45) is 2.20. The van der Waals surface area contributed by atoms with Crippen LogP contribution in [0.25, 0.3) is 0 Å². The van der Waals surface area contributed by atoms with Gasteiger partial charge in [0.05, 0.1) is 0 Å². The Bertz CT molecular complexity index is 305. The molecule has 0 aliphatic carbocycles. The zero-order chi connectivity index (χ0) is 10.4. The molecule has 0 aliphatic rings. The van der Waals surface area contributed by atoms with Gasteiger partial charge in [-0.25, -0.2) is 0 Å². The topological polar surface area (TPSA) is 26.3 Å². The molecule has 0 spiro atoms. The van der Waals surface area contributed by atoms with Gasteiger partial charge in [-0.3, -0.25) is 4.79 Å². The Kier molecular flexibility index (Phi) is 4.17. The number of aryl methyl sites for hydroxylation is 1. The summed E-state index contributed by atoms with van der Waals surface area (Å²) in [4.78, 5) is 11.3. The van der Waals surface area contributed by atoms with Crippen LogP contribution >= 0.6 is 0 Å². The van der Waals surface area contributed by atoms with Crippen LogP contribution in [0.3, 0.4) is 0 Å². The molecule has 0 aromatic heterocycles.